The van der Waals surface area contributed by atoms with E-state index in [1.54, 1.807) is 24.7 Å². The fraction of sp³-hybridized carbons (Fsp3) is 0.538. The normalized spacial score (nSPS) is 11.9. The maximum absolute atomic E-state index is 11.8. The molecule has 0 aliphatic carbocycles. The third kappa shape index (κ3) is 4.31. The molecular weight excluding hydrogens is 246 g/mol. The molecule has 1 rings (SSSR count). The fourth-order valence-corrected chi connectivity index (χ4v) is 1.60. The van der Waals surface area contributed by atoms with E-state index in [0.717, 1.165) is 12.8 Å². The average Bonchev–Trinajstić information content (AvgIpc) is 2.68. The molecule has 0 saturated heterocycles. The van der Waals surface area contributed by atoms with Gasteiger partial charge in [-0.25, -0.2) is 4.79 Å². The van der Waals surface area contributed by atoms with Crippen molar-refractivity contribution >= 4 is 17.6 Å². The van der Waals surface area contributed by atoms with Gasteiger partial charge in [0, 0.05) is 19.8 Å². The number of unbranched alkanes of at least 4 members (excludes halogenated alkanes) is 1. The second kappa shape index (κ2) is 6.82. The molecule has 106 valence electrons. The summed E-state index contributed by atoms with van der Waals surface area (Å²) in [4.78, 5) is 23.5. The minimum absolute atomic E-state index is 0.288. The van der Waals surface area contributed by atoms with Crippen LogP contribution in [0.25, 0.3) is 0 Å². The smallest absolute Gasteiger partial charge is 0.355 e. The zero-order chi connectivity index (χ0) is 14.4. The van der Waals surface area contributed by atoms with Crippen molar-refractivity contribution in [1.82, 2.24) is 9.88 Å². The van der Waals surface area contributed by atoms with Crippen LogP contribution in [0.15, 0.2) is 12.3 Å². The van der Waals surface area contributed by atoms with Crippen LogP contribution in [0.5, 0.6) is 0 Å². The van der Waals surface area contributed by atoms with Gasteiger partial charge < -0.3 is 20.4 Å². The van der Waals surface area contributed by atoms with Gasteiger partial charge in [-0.3, -0.25) is 4.79 Å². The van der Waals surface area contributed by atoms with Crippen molar-refractivity contribution in [1.29, 1.82) is 0 Å². The molecule has 0 bridgehead atoms. The van der Waals surface area contributed by atoms with E-state index < -0.39 is 12.1 Å². The number of carbonyl (C=O) groups is 2. The topological polar surface area (TPSA) is 86.3 Å². The number of nitrogens with two attached hydrogens (primary N) is 1. The Kier molecular flexibility index (Phi) is 5.41. The Morgan fingerprint density at radius 1 is 1.53 bits per heavy atom. The number of anilines is 1. The lowest BCUT2D eigenvalue weighted by Gasteiger charge is -2.13. The van der Waals surface area contributed by atoms with Crippen molar-refractivity contribution < 1.29 is 14.3 Å². The van der Waals surface area contributed by atoms with E-state index in [4.69, 9.17) is 10.5 Å². The van der Waals surface area contributed by atoms with E-state index in [-0.39, 0.29) is 5.91 Å². The van der Waals surface area contributed by atoms with Gasteiger partial charge in [0.25, 0.3) is 5.91 Å². The Bertz CT molecular complexity index is 454. The van der Waals surface area contributed by atoms with E-state index in [9.17, 15) is 9.59 Å². The number of nitrogens with zero attached hydrogens (tertiary/aromatic N) is 1. The molecular formula is C13H21N3O3. The second-order valence-corrected chi connectivity index (χ2v) is 4.46. The molecule has 1 aromatic heterocycles. The van der Waals surface area contributed by atoms with E-state index in [2.05, 4.69) is 5.32 Å². The van der Waals surface area contributed by atoms with Gasteiger partial charge in [0.15, 0.2) is 6.10 Å². The van der Waals surface area contributed by atoms with Gasteiger partial charge >= 0.3 is 5.97 Å². The van der Waals surface area contributed by atoms with Gasteiger partial charge in [-0.05, 0) is 19.4 Å². The molecule has 1 atom stereocenters. The number of carbonyl (C=O) groups excluding carboxylic acids is 2. The number of rotatable bonds is 6. The third-order valence-electron chi connectivity index (χ3n) is 2.72. The van der Waals surface area contributed by atoms with Gasteiger partial charge in [0.05, 0.1) is 5.69 Å². The first kappa shape index (κ1) is 15.1. The Balaban J connectivity index is 2.52. The summed E-state index contributed by atoms with van der Waals surface area (Å²) < 4.78 is 6.66. The van der Waals surface area contributed by atoms with Crippen LogP contribution in [0.4, 0.5) is 5.69 Å². The number of esters is 1. The van der Waals surface area contributed by atoms with Crippen LogP contribution in [-0.4, -0.2) is 29.1 Å². The summed E-state index contributed by atoms with van der Waals surface area (Å²) >= 11 is 0. The predicted molar refractivity (Wildman–Crippen MR) is 72.6 cm³/mol. The number of nitrogens with one attached hydrogen (secondary N) is 1. The quantitative estimate of drug-likeness (QED) is 0.596. The maximum Gasteiger partial charge on any atom is 0.355 e. The van der Waals surface area contributed by atoms with Crippen molar-refractivity contribution in [2.45, 2.75) is 32.8 Å². The number of ether oxygens (including phenoxy) is 1. The van der Waals surface area contributed by atoms with Gasteiger partial charge in [-0.2, -0.15) is 0 Å². The number of nitrogen functional groups attached to an aromatic ring is 1. The van der Waals surface area contributed by atoms with Crippen LogP contribution in [0.3, 0.4) is 0 Å². The van der Waals surface area contributed by atoms with Crippen molar-refractivity contribution in [3.63, 3.8) is 0 Å². The highest BCUT2D eigenvalue weighted by Gasteiger charge is 2.20. The van der Waals surface area contributed by atoms with E-state index in [1.165, 1.54) is 6.07 Å². The van der Waals surface area contributed by atoms with E-state index >= 15 is 0 Å². The van der Waals surface area contributed by atoms with Crippen LogP contribution in [0.2, 0.25) is 0 Å². The summed E-state index contributed by atoms with van der Waals surface area (Å²) in [6.45, 7) is 4.18. The minimum Gasteiger partial charge on any atom is -0.448 e. The first-order valence-corrected chi connectivity index (χ1v) is 6.36. The maximum atomic E-state index is 11.8. The number of amides is 1. The Morgan fingerprint density at radius 3 is 2.74 bits per heavy atom. The summed E-state index contributed by atoms with van der Waals surface area (Å²) in [5.74, 6) is -0.846. The van der Waals surface area contributed by atoms with Crippen LogP contribution < -0.4 is 11.1 Å². The van der Waals surface area contributed by atoms with E-state index in [1.807, 2.05) is 6.92 Å². The number of hydrogen-bond acceptors (Lipinski definition) is 4. The molecule has 1 amide bonds. The first-order chi connectivity index (χ1) is 8.95. The molecule has 0 radical (unpaired) electrons. The van der Waals surface area contributed by atoms with Crippen LogP contribution >= 0.6 is 0 Å². The Morgan fingerprint density at radius 2 is 2.21 bits per heavy atom. The van der Waals surface area contributed by atoms with Crippen LogP contribution in [0, 0.1) is 0 Å². The van der Waals surface area contributed by atoms with Crippen molar-refractivity contribution in [2.75, 3.05) is 12.3 Å². The summed E-state index contributed by atoms with van der Waals surface area (Å²) in [5.41, 5.74) is 6.39. The molecule has 1 aromatic rings. The SMILES string of the molecule is CCCCNC(=O)C(C)OC(=O)c1cc(N)cn1C. The predicted octanol–water partition coefficient (Wildman–Crippen LogP) is 1.07. The van der Waals surface area contributed by atoms with Crippen LogP contribution in [0.1, 0.15) is 37.2 Å². The fourth-order valence-electron chi connectivity index (χ4n) is 1.60. The highest BCUT2D eigenvalue weighted by molar-refractivity contribution is 5.91. The highest BCUT2D eigenvalue weighted by atomic mass is 16.5. The molecule has 3 N–H and O–H groups in total. The second-order valence-electron chi connectivity index (χ2n) is 4.46. The monoisotopic (exact) mass is 267 g/mol. The number of aryl methyl sites for hydroxylation is 1. The summed E-state index contributed by atoms with van der Waals surface area (Å²) in [5, 5.41) is 2.71. The standard InChI is InChI=1S/C13H21N3O3/c1-4-5-6-15-12(17)9(2)19-13(18)11-7-10(14)8-16(11)3/h7-9H,4-6,14H2,1-3H3,(H,15,17). The molecule has 0 aromatic carbocycles. The number of hydrogen-bond donors (Lipinski definition) is 2. The summed E-state index contributed by atoms with van der Waals surface area (Å²) in [7, 11) is 1.69. The molecule has 0 aliphatic heterocycles. The van der Waals surface area contributed by atoms with Crippen LogP contribution in [-0.2, 0) is 16.6 Å². The molecule has 0 fully saturated rings. The van der Waals surface area contributed by atoms with Gasteiger partial charge in [0.1, 0.15) is 5.69 Å². The molecule has 6 heteroatoms. The summed E-state index contributed by atoms with van der Waals surface area (Å²) in [6, 6.07) is 1.52. The highest BCUT2D eigenvalue weighted by Crippen LogP contribution is 2.11. The molecule has 0 spiro atoms. The molecule has 0 aliphatic rings. The minimum atomic E-state index is -0.819. The van der Waals surface area contributed by atoms with Gasteiger partial charge in [0.2, 0.25) is 0 Å². The molecule has 1 heterocycles. The van der Waals surface area contributed by atoms with E-state index in [0.29, 0.717) is 17.9 Å². The van der Waals surface area contributed by atoms with Crippen molar-refractivity contribution in [2.24, 2.45) is 7.05 Å². The largest absolute Gasteiger partial charge is 0.448 e. The third-order valence-corrected chi connectivity index (χ3v) is 2.72. The Labute approximate surface area is 112 Å². The summed E-state index contributed by atoms with van der Waals surface area (Å²) in [6.07, 6.45) is 2.70. The van der Waals surface area contributed by atoms with Gasteiger partial charge in [-0.1, -0.05) is 13.3 Å². The lowest BCUT2D eigenvalue weighted by molar-refractivity contribution is -0.129. The zero-order valence-corrected chi connectivity index (χ0v) is 11.6. The molecule has 0 saturated carbocycles. The number of aromatic nitrogens is 1. The zero-order valence-electron chi connectivity index (χ0n) is 11.6. The molecule has 19 heavy (non-hydrogen) atoms. The average molecular weight is 267 g/mol. The lowest BCUT2D eigenvalue weighted by Crippen LogP contribution is -2.36. The van der Waals surface area contributed by atoms with Crippen molar-refractivity contribution in [3.05, 3.63) is 18.0 Å². The first-order valence-electron chi connectivity index (χ1n) is 6.36. The van der Waals surface area contributed by atoms with Gasteiger partial charge in [-0.15, -0.1) is 0 Å². The Hall–Kier alpha value is -1.98. The molecule has 1 unspecified atom stereocenters. The van der Waals surface area contributed by atoms with Crippen molar-refractivity contribution in [3.8, 4) is 0 Å². The molecule has 6 nitrogen and oxygen atoms in total. The lowest BCUT2D eigenvalue weighted by atomic mass is 10.3.